The van der Waals surface area contributed by atoms with Crippen LogP contribution in [-0.4, -0.2) is 17.1 Å². The molecule has 0 spiro atoms. The molecular formula is C13H19NO2. The van der Waals surface area contributed by atoms with Crippen LogP contribution >= 0.6 is 0 Å². The van der Waals surface area contributed by atoms with Crippen LogP contribution in [0, 0.1) is 6.92 Å². The molecule has 0 heterocycles. The highest BCUT2D eigenvalue weighted by Gasteiger charge is 2.18. The Labute approximate surface area is 96.3 Å². The first-order valence-corrected chi connectivity index (χ1v) is 5.59. The Morgan fingerprint density at radius 2 is 1.94 bits per heavy atom. The van der Waals surface area contributed by atoms with Crippen molar-refractivity contribution in [3.05, 3.63) is 35.4 Å². The molecular weight excluding hydrogens is 202 g/mol. The molecule has 2 atom stereocenters. The molecule has 0 aliphatic rings. The third-order valence-electron chi connectivity index (χ3n) is 2.90. The largest absolute Gasteiger partial charge is 0.480 e. The molecule has 3 N–H and O–H groups in total. The van der Waals surface area contributed by atoms with Gasteiger partial charge in [0.1, 0.15) is 6.04 Å². The zero-order chi connectivity index (χ0) is 12.1. The van der Waals surface area contributed by atoms with Gasteiger partial charge in [-0.05, 0) is 31.2 Å². The predicted octanol–water partition coefficient (Wildman–Crippen LogP) is 2.29. The van der Waals surface area contributed by atoms with Gasteiger partial charge in [-0.15, -0.1) is 0 Å². The number of nitrogens with two attached hydrogens (primary N) is 1. The Morgan fingerprint density at radius 1 is 1.38 bits per heavy atom. The minimum absolute atomic E-state index is 0.228. The summed E-state index contributed by atoms with van der Waals surface area (Å²) in [6.45, 7) is 4.09. The smallest absolute Gasteiger partial charge is 0.320 e. The van der Waals surface area contributed by atoms with Crippen LogP contribution in [0.15, 0.2) is 24.3 Å². The third kappa shape index (κ3) is 3.35. The van der Waals surface area contributed by atoms with E-state index in [1.807, 2.05) is 19.1 Å². The summed E-state index contributed by atoms with van der Waals surface area (Å²) < 4.78 is 0. The first-order valence-electron chi connectivity index (χ1n) is 5.59. The van der Waals surface area contributed by atoms with Crippen LogP contribution in [0.5, 0.6) is 0 Å². The van der Waals surface area contributed by atoms with Crippen molar-refractivity contribution in [3.63, 3.8) is 0 Å². The summed E-state index contributed by atoms with van der Waals surface area (Å²) in [5.41, 5.74) is 7.94. The number of aliphatic carboxylic acids is 1. The summed E-state index contributed by atoms with van der Waals surface area (Å²) >= 11 is 0. The molecule has 0 aliphatic carbocycles. The van der Waals surface area contributed by atoms with E-state index in [1.165, 1.54) is 11.1 Å². The van der Waals surface area contributed by atoms with Gasteiger partial charge in [-0.1, -0.05) is 36.8 Å². The number of hydrogen-bond acceptors (Lipinski definition) is 2. The molecule has 0 aliphatic heterocycles. The fraction of sp³-hybridized carbons (Fsp3) is 0.462. The highest BCUT2D eigenvalue weighted by molar-refractivity contribution is 5.73. The standard InChI is InChI=1S/C13H19NO2/c1-3-10(8-12(14)13(15)16)11-6-4-9(2)5-7-11/h4-7,10,12H,3,8,14H2,1-2H3,(H,15,16). The van der Waals surface area contributed by atoms with Gasteiger partial charge in [-0.25, -0.2) is 0 Å². The zero-order valence-corrected chi connectivity index (χ0v) is 9.81. The summed E-state index contributed by atoms with van der Waals surface area (Å²) in [4.78, 5) is 10.7. The number of carbonyl (C=O) groups is 1. The average Bonchev–Trinajstić information content (AvgIpc) is 2.26. The summed E-state index contributed by atoms with van der Waals surface area (Å²) in [6.07, 6.45) is 1.40. The van der Waals surface area contributed by atoms with Crippen LogP contribution in [0.1, 0.15) is 36.8 Å². The van der Waals surface area contributed by atoms with Crippen LogP contribution in [0.4, 0.5) is 0 Å². The Balaban J connectivity index is 2.74. The highest BCUT2D eigenvalue weighted by atomic mass is 16.4. The van der Waals surface area contributed by atoms with Crippen LogP contribution in [-0.2, 0) is 4.79 Å². The van der Waals surface area contributed by atoms with Crippen LogP contribution in [0.25, 0.3) is 0 Å². The van der Waals surface area contributed by atoms with Crippen molar-refractivity contribution in [3.8, 4) is 0 Å². The molecule has 0 radical (unpaired) electrons. The molecule has 0 saturated heterocycles. The number of benzene rings is 1. The van der Waals surface area contributed by atoms with Gasteiger partial charge in [0.05, 0.1) is 0 Å². The summed E-state index contributed by atoms with van der Waals surface area (Å²) in [6, 6.07) is 7.43. The van der Waals surface area contributed by atoms with Crippen LogP contribution < -0.4 is 5.73 Å². The molecule has 0 bridgehead atoms. The molecule has 1 rings (SSSR count). The molecule has 0 fully saturated rings. The lowest BCUT2D eigenvalue weighted by atomic mass is 9.90. The molecule has 0 saturated carbocycles. The number of carboxylic acid groups (broad SMARTS) is 1. The fourth-order valence-corrected chi connectivity index (χ4v) is 1.78. The van der Waals surface area contributed by atoms with Crippen LogP contribution in [0.3, 0.4) is 0 Å². The minimum atomic E-state index is -0.925. The van der Waals surface area contributed by atoms with Gasteiger partial charge in [0.25, 0.3) is 0 Å². The van der Waals surface area contributed by atoms with Gasteiger partial charge < -0.3 is 10.8 Å². The number of carboxylic acids is 1. The number of aryl methyl sites for hydroxylation is 1. The second-order valence-electron chi connectivity index (χ2n) is 4.20. The van der Waals surface area contributed by atoms with Gasteiger partial charge >= 0.3 is 5.97 Å². The maximum Gasteiger partial charge on any atom is 0.320 e. The van der Waals surface area contributed by atoms with Gasteiger partial charge in [-0.2, -0.15) is 0 Å². The fourth-order valence-electron chi connectivity index (χ4n) is 1.78. The topological polar surface area (TPSA) is 63.3 Å². The van der Waals surface area contributed by atoms with Crippen molar-refractivity contribution in [2.75, 3.05) is 0 Å². The number of rotatable bonds is 5. The normalized spacial score (nSPS) is 14.4. The van der Waals surface area contributed by atoms with E-state index in [4.69, 9.17) is 10.8 Å². The quantitative estimate of drug-likeness (QED) is 0.801. The van der Waals surface area contributed by atoms with E-state index in [9.17, 15) is 4.79 Å². The van der Waals surface area contributed by atoms with E-state index >= 15 is 0 Å². The second-order valence-corrected chi connectivity index (χ2v) is 4.20. The molecule has 88 valence electrons. The average molecular weight is 221 g/mol. The maximum absolute atomic E-state index is 10.7. The highest BCUT2D eigenvalue weighted by Crippen LogP contribution is 2.24. The molecule has 1 aromatic rings. The predicted molar refractivity (Wildman–Crippen MR) is 64.4 cm³/mol. The van der Waals surface area contributed by atoms with Crippen molar-refractivity contribution in [2.45, 2.75) is 38.6 Å². The van der Waals surface area contributed by atoms with E-state index < -0.39 is 12.0 Å². The molecule has 0 aromatic heterocycles. The molecule has 3 nitrogen and oxygen atoms in total. The molecule has 2 unspecified atom stereocenters. The Morgan fingerprint density at radius 3 is 2.38 bits per heavy atom. The molecule has 16 heavy (non-hydrogen) atoms. The van der Waals surface area contributed by atoms with Gasteiger partial charge in [-0.3, -0.25) is 4.79 Å². The minimum Gasteiger partial charge on any atom is -0.480 e. The summed E-state index contributed by atoms with van der Waals surface area (Å²) in [7, 11) is 0. The molecule has 1 aromatic carbocycles. The van der Waals surface area contributed by atoms with Gasteiger partial charge in [0, 0.05) is 0 Å². The lowest BCUT2D eigenvalue weighted by molar-refractivity contribution is -0.138. The van der Waals surface area contributed by atoms with E-state index in [-0.39, 0.29) is 5.92 Å². The first kappa shape index (κ1) is 12.7. The van der Waals surface area contributed by atoms with Crippen molar-refractivity contribution in [1.82, 2.24) is 0 Å². The SMILES string of the molecule is CCC(CC(N)C(=O)O)c1ccc(C)cc1. The zero-order valence-electron chi connectivity index (χ0n) is 9.81. The number of hydrogen-bond donors (Lipinski definition) is 2. The van der Waals surface area contributed by atoms with E-state index in [1.54, 1.807) is 0 Å². The Hall–Kier alpha value is -1.35. The third-order valence-corrected chi connectivity index (χ3v) is 2.90. The van der Waals surface area contributed by atoms with E-state index in [0.29, 0.717) is 6.42 Å². The lowest BCUT2D eigenvalue weighted by Crippen LogP contribution is -2.31. The van der Waals surface area contributed by atoms with Crippen molar-refractivity contribution < 1.29 is 9.90 Å². The second kappa shape index (κ2) is 5.66. The van der Waals surface area contributed by atoms with E-state index in [2.05, 4.69) is 19.1 Å². The van der Waals surface area contributed by atoms with E-state index in [0.717, 1.165) is 6.42 Å². The summed E-state index contributed by atoms with van der Waals surface area (Å²) in [5, 5.41) is 8.79. The van der Waals surface area contributed by atoms with Crippen molar-refractivity contribution in [2.24, 2.45) is 5.73 Å². The lowest BCUT2D eigenvalue weighted by Gasteiger charge is -2.17. The van der Waals surface area contributed by atoms with Crippen molar-refractivity contribution >= 4 is 5.97 Å². The monoisotopic (exact) mass is 221 g/mol. The van der Waals surface area contributed by atoms with Crippen LogP contribution in [0.2, 0.25) is 0 Å². The molecule has 0 amide bonds. The Kier molecular flexibility index (Phi) is 4.50. The summed E-state index contributed by atoms with van der Waals surface area (Å²) in [5.74, 6) is -0.697. The first-order chi connectivity index (χ1) is 7.54. The Bertz CT molecular complexity index is 345. The van der Waals surface area contributed by atoms with Gasteiger partial charge in [0.15, 0.2) is 0 Å². The maximum atomic E-state index is 10.7. The van der Waals surface area contributed by atoms with Crippen molar-refractivity contribution in [1.29, 1.82) is 0 Å². The van der Waals surface area contributed by atoms with Gasteiger partial charge in [0.2, 0.25) is 0 Å². The molecule has 3 heteroatoms.